The van der Waals surface area contributed by atoms with Gasteiger partial charge in [-0.15, -0.1) is 0 Å². The van der Waals surface area contributed by atoms with E-state index >= 15 is 0 Å². The fraction of sp³-hybridized carbons (Fsp3) is 0.500. The number of benzene rings is 1. The van der Waals surface area contributed by atoms with Crippen molar-refractivity contribution in [2.45, 2.75) is 18.9 Å². The molecule has 1 unspecified atom stereocenters. The number of nitro groups is 1. The number of aliphatic hydroxyl groups is 1. The van der Waals surface area contributed by atoms with Crippen molar-refractivity contribution < 1.29 is 14.8 Å². The van der Waals surface area contributed by atoms with Crippen LogP contribution in [0, 0.1) is 10.1 Å². The van der Waals surface area contributed by atoms with E-state index in [1.54, 1.807) is 6.07 Å². The lowest BCUT2D eigenvalue weighted by molar-refractivity contribution is -0.384. The van der Waals surface area contributed by atoms with E-state index in [2.05, 4.69) is 0 Å². The molecule has 0 amide bonds. The molecule has 0 saturated carbocycles. The van der Waals surface area contributed by atoms with Crippen molar-refractivity contribution in [3.05, 3.63) is 28.3 Å². The Morgan fingerprint density at radius 2 is 2.33 bits per heavy atom. The SMILES string of the molecule is COc1cc(N2CCCC2CO)cc([N+](=O)[O-])c1. The van der Waals surface area contributed by atoms with Crippen LogP contribution < -0.4 is 9.64 Å². The van der Waals surface area contributed by atoms with Crippen LogP contribution in [-0.4, -0.2) is 36.3 Å². The van der Waals surface area contributed by atoms with Crippen LogP contribution in [0.25, 0.3) is 0 Å². The van der Waals surface area contributed by atoms with Crippen LogP contribution in [0.15, 0.2) is 18.2 Å². The molecule has 0 aromatic heterocycles. The van der Waals surface area contributed by atoms with Crippen molar-refractivity contribution in [3.63, 3.8) is 0 Å². The Morgan fingerprint density at radius 1 is 1.56 bits per heavy atom. The summed E-state index contributed by atoms with van der Waals surface area (Å²) in [6, 6.07) is 4.72. The van der Waals surface area contributed by atoms with Crippen LogP contribution in [0.3, 0.4) is 0 Å². The maximum atomic E-state index is 10.9. The Morgan fingerprint density at radius 3 is 2.94 bits per heavy atom. The Hall–Kier alpha value is -1.82. The van der Waals surface area contributed by atoms with Gasteiger partial charge in [-0.05, 0) is 12.8 Å². The number of anilines is 1. The summed E-state index contributed by atoms with van der Waals surface area (Å²) in [5.41, 5.74) is 0.741. The molecule has 1 aromatic rings. The second-order valence-electron chi connectivity index (χ2n) is 4.32. The largest absolute Gasteiger partial charge is 0.496 e. The standard InChI is InChI=1S/C12H16N2O4/c1-18-12-6-10(5-11(7-12)14(16)17)13-4-2-3-9(13)8-15/h5-7,9,15H,2-4,8H2,1H3. The first-order chi connectivity index (χ1) is 8.65. The van der Waals surface area contributed by atoms with Gasteiger partial charge in [-0.3, -0.25) is 10.1 Å². The Bertz CT molecular complexity index is 450. The predicted molar refractivity (Wildman–Crippen MR) is 67.1 cm³/mol. The minimum Gasteiger partial charge on any atom is -0.496 e. The van der Waals surface area contributed by atoms with Crippen molar-refractivity contribution in [3.8, 4) is 5.75 Å². The molecule has 1 saturated heterocycles. The fourth-order valence-corrected chi connectivity index (χ4v) is 2.32. The molecule has 0 radical (unpaired) electrons. The number of nitro benzene ring substituents is 1. The molecule has 98 valence electrons. The summed E-state index contributed by atoms with van der Waals surface area (Å²) in [5, 5.41) is 20.2. The predicted octanol–water partition coefficient (Wildman–Crippen LogP) is 1.56. The zero-order chi connectivity index (χ0) is 13.1. The van der Waals surface area contributed by atoms with Gasteiger partial charge in [0.15, 0.2) is 0 Å². The molecular weight excluding hydrogens is 236 g/mol. The summed E-state index contributed by atoms with van der Waals surface area (Å²) >= 11 is 0. The lowest BCUT2D eigenvalue weighted by atomic mass is 10.2. The first kappa shape index (κ1) is 12.6. The lowest BCUT2D eigenvalue weighted by Crippen LogP contribution is -2.32. The second-order valence-corrected chi connectivity index (χ2v) is 4.32. The number of ether oxygens (including phenoxy) is 1. The average Bonchev–Trinajstić information content (AvgIpc) is 2.86. The zero-order valence-electron chi connectivity index (χ0n) is 10.2. The quantitative estimate of drug-likeness (QED) is 0.650. The number of methoxy groups -OCH3 is 1. The van der Waals surface area contributed by atoms with Gasteiger partial charge in [-0.2, -0.15) is 0 Å². The van der Waals surface area contributed by atoms with E-state index in [0.29, 0.717) is 5.75 Å². The molecule has 1 aliphatic rings. The van der Waals surface area contributed by atoms with Crippen LogP contribution in [0.5, 0.6) is 5.75 Å². The van der Waals surface area contributed by atoms with Gasteiger partial charge in [-0.25, -0.2) is 0 Å². The van der Waals surface area contributed by atoms with Gasteiger partial charge >= 0.3 is 0 Å². The zero-order valence-corrected chi connectivity index (χ0v) is 10.2. The number of non-ortho nitro benzene ring substituents is 1. The van der Waals surface area contributed by atoms with E-state index in [1.165, 1.54) is 19.2 Å². The number of hydrogen-bond acceptors (Lipinski definition) is 5. The van der Waals surface area contributed by atoms with Crippen LogP contribution >= 0.6 is 0 Å². The normalized spacial score (nSPS) is 19.0. The molecule has 6 nitrogen and oxygen atoms in total. The van der Waals surface area contributed by atoms with Crippen LogP contribution in [-0.2, 0) is 0 Å². The number of rotatable bonds is 4. The first-order valence-electron chi connectivity index (χ1n) is 5.86. The molecule has 1 aliphatic heterocycles. The second kappa shape index (κ2) is 5.22. The summed E-state index contributed by atoms with van der Waals surface area (Å²) in [6.45, 7) is 0.862. The molecule has 1 N–H and O–H groups in total. The summed E-state index contributed by atoms with van der Waals surface area (Å²) in [7, 11) is 1.48. The molecule has 18 heavy (non-hydrogen) atoms. The van der Waals surface area contributed by atoms with E-state index in [9.17, 15) is 15.2 Å². The highest BCUT2D eigenvalue weighted by atomic mass is 16.6. The molecule has 0 aliphatic carbocycles. The van der Waals surface area contributed by atoms with E-state index in [1.807, 2.05) is 4.90 Å². The van der Waals surface area contributed by atoms with E-state index in [4.69, 9.17) is 4.74 Å². The first-order valence-corrected chi connectivity index (χ1v) is 5.86. The third kappa shape index (κ3) is 2.38. The van der Waals surface area contributed by atoms with Crippen molar-refractivity contribution in [2.75, 3.05) is 25.2 Å². The molecule has 2 rings (SSSR count). The van der Waals surface area contributed by atoms with Gasteiger partial charge < -0.3 is 14.7 Å². The minimum absolute atomic E-state index is 0.00735. The van der Waals surface area contributed by atoms with Crippen molar-refractivity contribution in [2.24, 2.45) is 0 Å². The van der Waals surface area contributed by atoms with E-state index < -0.39 is 4.92 Å². The van der Waals surface area contributed by atoms with Crippen molar-refractivity contribution in [1.29, 1.82) is 0 Å². The molecule has 1 aromatic carbocycles. The summed E-state index contributed by atoms with van der Waals surface area (Å²) in [6.07, 6.45) is 1.89. The van der Waals surface area contributed by atoms with Gasteiger partial charge in [0.2, 0.25) is 0 Å². The highest BCUT2D eigenvalue weighted by Crippen LogP contribution is 2.32. The average molecular weight is 252 g/mol. The third-order valence-electron chi connectivity index (χ3n) is 3.24. The third-order valence-corrected chi connectivity index (χ3v) is 3.24. The van der Waals surface area contributed by atoms with Gasteiger partial charge in [-0.1, -0.05) is 0 Å². The van der Waals surface area contributed by atoms with Crippen molar-refractivity contribution in [1.82, 2.24) is 0 Å². The molecule has 0 bridgehead atoms. The highest BCUT2D eigenvalue weighted by molar-refractivity contribution is 5.59. The molecular formula is C12H16N2O4. The van der Waals surface area contributed by atoms with Gasteiger partial charge in [0, 0.05) is 24.4 Å². The maximum absolute atomic E-state index is 10.9. The van der Waals surface area contributed by atoms with Crippen LogP contribution in [0.2, 0.25) is 0 Å². The Balaban J connectivity index is 2.37. The fourth-order valence-electron chi connectivity index (χ4n) is 2.32. The van der Waals surface area contributed by atoms with Crippen LogP contribution in [0.1, 0.15) is 12.8 Å². The van der Waals surface area contributed by atoms with Gasteiger partial charge in [0.05, 0.1) is 30.7 Å². The van der Waals surface area contributed by atoms with Gasteiger partial charge in [0.1, 0.15) is 5.75 Å². The molecule has 1 fully saturated rings. The van der Waals surface area contributed by atoms with Crippen LogP contribution in [0.4, 0.5) is 11.4 Å². The molecule has 6 heteroatoms. The smallest absolute Gasteiger partial charge is 0.275 e. The molecule has 1 heterocycles. The Labute approximate surface area is 105 Å². The monoisotopic (exact) mass is 252 g/mol. The Kier molecular flexibility index (Phi) is 3.66. The van der Waals surface area contributed by atoms with E-state index in [0.717, 1.165) is 25.1 Å². The number of hydrogen-bond donors (Lipinski definition) is 1. The summed E-state index contributed by atoms with van der Waals surface area (Å²) in [4.78, 5) is 12.4. The van der Waals surface area contributed by atoms with Gasteiger partial charge in [0.25, 0.3) is 5.69 Å². The highest BCUT2D eigenvalue weighted by Gasteiger charge is 2.25. The minimum atomic E-state index is -0.434. The molecule has 1 atom stereocenters. The maximum Gasteiger partial charge on any atom is 0.275 e. The van der Waals surface area contributed by atoms with Crippen molar-refractivity contribution >= 4 is 11.4 Å². The summed E-state index contributed by atoms with van der Waals surface area (Å²) < 4.78 is 5.08. The van der Waals surface area contributed by atoms with E-state index in [-0.39, 0.29) is 18.3 Å². The summed E-state index contributed by atoms with van der Waals surface area (Å²) in [5.74, 6) is 0.461. The number of nitrogens with zero attached hydrogens (tertiary/aromatic N) is 2. The lowest BCUT2D eigenvalue weighted by Gasteiger charge is -2.25. The number of aliphatic hydroxyl groups excluding tert-OH is 1. The molecule has 0 spiro atoms. The topological polar surface area (TPSA) is 75.8 Å².